The van der Waals surface area contributed by atoms with Crippen molar-refractivity contribution in [1.82, 2.24) is 0 Å². The number of carboxylic acid groups (broad SMARTS) is 1. The Morgan fingerprint density at radius 1 is 1.50 bits per heavy atom. The summed E-state index contributed by atoms with van der Waals surface area (Å²) in [4.78, 5) is 10.5. The maximum Gasteiger partial charge on any atom is 0.335 e. The number of aryl methyl sites for hydroxylation is 1. The molecule has 3 nitrogen and oxygen atoms in total. The molecule has 0 aliphatic carbocycles. The molecule has 0 aromatic heterocycles. The summed E-state index contributed by atoms with van der Waals surface area (Å²) in [5.74, 6) is -1.18. The van der Waals surface area contributed by atoms with Crippen molar-refractivity contribution in [2.45, 2.75) is 13.3 Å². The van der Waals surface area contributed by atoms with Gasteiger partial charge in [0.05, 0.1) is 5.56 Å². The summed E-state index contributed by atoms with van der Waals surface area (Å²) in [6.45, 7) is 1.41. The Labute approximate surface area is 79.2 Å². The van der Waals surface area contributed by atoms with Crippen LogP contribution in [-0.4, -0.2) is 11.1 Å². The van der Waals surface area contributed by atoms with Crippen LogP contribution in [0.3, 0.4) is 0 Å². The third kappa shape index (κ3) is 1.81. The summed E-state index contributed by atoms with van der Waals surface area (Å²) in [5.41, 5.74) is 4.95. The van der Waals surface area contributed by atoms with Crippen molar-refractivity contribution < 1.29 is 18.7 Å². The first kappa shape index (κ1) is 10.4. The van der Waals surface area contributed by atoms with Gasteiger partial charge in [0.15, 0.2) is 0 Å². The van der Waals surface area contributed by atoms with Crippen LogP contribution in [0.1, 0.15) is 27.9 Å². The predicted molar refractivity (Wildman–Crippen MR) is 47.5 cm³/mol. The third-order valence-electron chi connectivity index (χ3n) is 1.88. The normalized spacial score (nSPS) is 10.6. The van der Waals surface area contributed by atoms with Gasteiger partial charge in [-0.2, -0.15) is 0 Å². The number of benzene rings is 1. The molecule has 0 fully saturated rings. The number of rotatable bonds is 2. The number of carboxylic acids is 1. The smallest absolute Gasteiger partial charge is 0.335 e. The Morgan fingerprint density at radius 3 is 2.43 bits per heavy atom. The molecule has 14 heavy (non-hydrogen) atoms. The molecule has 3 N–H and O–H groups in total. The van der Waals surface area contributed by atoms with Crippen molar-refractivity contribution in [1.29, 1.82) is 0 Å². The van der Waals surface area contributed by atoms with Crippen molar-refractivity contribution in [2.75, 3.05) is 5.73 Å². The van der Waals surface area contributed by atoms with E-state index in [2.05, 4.69) is 0 Å². The molecular weight excluding hydrogens is 192 g/mol. The molecule has 5 heteroatoms. The maximum atomic E-state index is 12.4. The van der Waals surface area contributed by atoms with Gasteiger partial charge < -0.3 is 10.8 Å². The number of hydrogen-bond acceptors (Lipinski definition) is 2. The molecule has 76 valence electrons. The highest BCUT2D eigenvalue weighted by atomic mass is 19.3. The zero-order chi connectivity index (χ0) is 10.9. The Hall–Kier alpha value is -1.65. The van der Waals surface area contributed by atoms with E-state index in [1.165, 1.54) is 13.0 Å². The number of anilines is 1. The van der Waals surface area contributed by atoms with Crippen LogP contribution in [0.15, 0.2) is 12.1 Å². The lowest BCUT2D eigenvalue weighted by Crippen LogP contribution is -2.03. The molecule has 0 atom stereocenters. The Kier molecular flexibility index (Phi) is 2.69. The van der Waals surface area contributed by atoms with E-state index in [0.717, 1.165) is 6.07 Å². The van der Waals surface area contributed by atoms with Gasteiger partial charge >= 0.3 is 5.97 Å². The molecule has 0 radical (unpaired) electrons. The quantitative estimate of drug-likeness (QED) is 0.721. The van der Waals surface area contributed by atoms with Crippen molar-refractivity contribution in [3.63, 3.8) is 0 Å². The van der Waals surface area contributed by atoms with E-state index >= 15 is 0 Å². The van der Waals surface area contributed by atoms with Crippen molar-refractivity contribution in [3.8, 4) is 0 Å². The summed E-state index contributed by atoms with van der Waals surface area (Å²) in [7, 11) is 0. The van der Waals surface area contributed by atoms with Gasteiger partial charge in [0.2, 0.25) is 0 Å². The summed E-state index contributed by atoms with van der Waals surface area (Å²) in [6.07, 6.45) is -2.68. The fraction of sp³-hybridized carbons (Fsp3) is 0.222. The number of hydrogen-bond donors (Lipinski definition) is 2. The lowest BCUT2D eigenvalue weighted by molar-refractivity contribution is 0.0696. The van der Waals surface area contributed by atoms with Crippen molar-refractivity contribution in [2.24, 2.45) is 0 Å². The number of halogens is 2. The first-order valence-electron chi connectivity index (χ1n) is 3.85. The van der Waals surface area contributed by atoms with Crippen LogP contribution in [0.25, 0.3) is 0 Å². The van der Waals surface area contributed by atoms with Crippen molar-refractivity contribution in [3.05, 3.63) is 28.8 Å². The highest BCUT2D eigenvalue weighted by molar-refractivity contribution is 5.89. The highest BCUT2D eigenvalue weighted by Gasteiger charge is 2.16. The van der Waals surface area contributed by atoms with Crippen LogP contribution in [0, 0.1) is 6.92 Å². The first-order valence-corrected chi connectivity index (χ1v) is 3.85. The summed E-state index contributed by atoms with van der Waals surface area (Å²) in [5, 5.41) is 8.62. The molecule has 0 bridgehead atoms. The van der Waals surface area contributed by atoms with Gasteiger partial charge in [-0.25, -0.2) is 13.6 Å². The molecular formula is C9H9F2NO2. The van der Waals surface area contributed by atoms with Gasteiger partial charge in [-0.05, 0) is 24.6 Å². The highest BCUT2D eigenvalue weighted by Crippen LogP contribution is 2.29. The fourth-order valence-electron chi connectivity index (χ4n) is 1.25. The molecule has 0 amide bonds. The second-order valence-corrected chi connectivity index (χ2v) is 2.90. The molecule has 0 saturated heterocycles. The topological polar surface area (TPSA) is 63.3 Å². The van der Waals surface area contributed by atoms with E-state index in [9.17, 15) is 13.6 Å². The van der Waals surface area contributed by atoms with Gasteiger partial charge in [-0.3, -0.25) is 0 Å². The molecule has 1 aromatic rings. The molecule has 0 saturated carbocycles. The SMILES string of the molecule is Cc1cc(C(=O)O)cc(N)c1C(F)F. The van der Waals surface area contributed by atoms with E-state index in [4.69, 9.17) is 10.8 Å². The van der Waals surface area contributed by atoms with E-state index < -0.39 is 12.4 Å². The minimum Gasteiger partial charge on any atom is -0.478 e. The monoisotopic (exact) mass is 201 g/mol. The van der Waals surface area contributed by atoms with E-state index in [0.29, 0.717) is 0 Å². The van der Waals surface area contributed by atoms with Crippen molar-refractivity contribution >= 4 is 11.7 Å². The lowest BCUT2D eigenvalue weighted by atomic mass is 10.0. The largest absolute Gasteiger partial charge is 0.478 e. The Bertz CT molecular complexity index is 354. The average Bonchev–Trinajstić information content (AvgIpc) is 2.01. The second-order valence-electron chi connectivity index (χ2n) is 2.90. The fourth-order valence-corrected chi connectivity index (χ4v) is 1.25. The molecule has 0 heterocycles. The van der Waals surface area contributed by atoms with Gasteiger partial charge in [-0.15, -0.1) is 0 Å². The van der Waals surface area contributed by atoms with Gasteiger partial charge in [0.25, 0.3) is 6.43 Å². The Balaban J connectivity index is 3.32. The summed E-state index contributed by atoms with van der Waals surface area (Å²) in [6, 6.07) is 2.22. The zero-order valence-corrected chi connectivity index (χ0v) is 7.42. The molecule has 0 aliphatic rings. The predicted octanol–water partition coefficient (Wildman–Crippen LogP) is 2.21. The van der Waals surface area contributed by atoms with E-state index in [-0.39, 0.29) is 22.4 Å². The van der Waals surface area contributed by atoms with E-state index in [1.54, 1.807) is 0 Å². The van der Waals surface area contributed by atoms with Crippen LogP contribution in [-0.2, 0) is 0 Å². The summed E-state index contributed by atoms with van der Waals surface area (Å²) >= 11 is 0. The maximum absolute atomic E-state index is 12.4. The number of nitrogen functional groups attached to an aromatic ring is 1. The minimum absolute atomic E-state index is 0.0793. The number of alkyl halides is 2. The molecule has 1 rings (SSSR count). The number of nitrogens with two attached hydrogens (primary N) is 1. The molecule has 0 aliphatic heterocycles. The average molecular weight is 201 g/mol. The molecule has 0 unspecified atom stereocenters. The van der Waals surface area contributed by atoms with Crippen LogP contribution >= 0.6 is 0 Å². The summed E-state index contributed by atoms with van der Waals surface area (Å²) < 4.78 is 24.8. The Morgan fingerprint density at radius 2 is 2.07 bits per heavy atom. The lowest BCUT2D eigenvalue weighted by Gasteiger charge is -2.09. The molecule has 0 spiro atoms. The minimum atomic E-state index is -2.68. The number of carbonyl (C=O) groups is 1. The second kappa shape index (κ2) is 3.61. The van der Waals surface area contributed by atoms with Crippen LogP contribution < -0.4 is 5.73 Å². The van der Waals surface area contributed by atoms with Gasteiger partial charge in [-0.1, -0.05) is 0 Å². The molecule has 1 aromatic carbocycles. The van der Waals surface area contributed by atoms with E-state index in [1.807, 2.05) is 0 Å². The van der Waals surface area contributed by atoms with Crippen LogP contribution in [0.5, 0.6) is 0 Å². The van der Waals surface area contributed by atoms with Gasteiger partial charge in [0.1, 0.15) is 0 Å². The van der Waals surface area contributed by atoms with Gasteiger partial charge in [0, 0.05) is 11.3 Å². The van der Waals surface area contributed by atoms with Crippen LogP contribution in [0.2, 0.25) is 0 Å². The number of aromatic carboxylic acids is 1. The first-order chi connectivity index (χ1) is 6.43. The zero-order valence-electron chi connectivity index (χ0n) is 7.42. The van der Waals surface area contributed by atoms with Crippen LogP contribution in [0.4, 0.5) is 14.5 Å². The standard InChI is InChI=1S/C9H9F2NO2/c1-4-2-5(9(13)14)3-6(12)7(4)8(10)11/h2-3,8H,12H2,1H3,(H,13,14). The third-order valence-corrected chi connectivity index (χ3v) is 1.88.